The zero-order chi connectivity index (χ0) is 15.6. The number of aromatic nitrogens is 2. The second kappa shape index (κ2) is 6.01. The van der Waals surface area contributed by atoms with Gasteiger partial charge in [-0.15, -0.1) is 0 Å². The molecule has 21 heavy (non-hydrogen) atoms. The first-order chi connectivity index (χ1) is 9.93. The number of benzene rings is 1. The van der Waals surface area contributed by atoms with E-state index in [1.807, 2.05) is 0 Å². The normalized spacial score (nSPS) is 10.5. The highest BCUT2D eigenvalue weighted by molar-refractivity contribution is 6.30. The van der Waals surface area contributed by atoms with Crippen molar-refractivity contribution in [2.75, 3.05) is 7.11 Å². The van der Waals surface area contributed by atoms with Crippen LogP contribution >= 0.6 is 11.6 Å². The van der Waals surface area contributed by atoms with Crippen molar-refractivity contribution in [3.8, 4) is 11.5 Å². The molecule has 0 spiro atoms. The molecule has 0 N–H and O–H groups in total. The second-order valence-corrected chi connectivity index (χ2v) is 4.72. The number of nitrogens with zero attached hydrogens (tertiary/aromatic N) is 3. The van der Waals surface area contributed by atoms with E-state index in [-0.39, 0.29) is 18.0 Å². The Morgan fingerprint density at radius 3 is 2.71 bits per heavy atom. The van der Waals surface area contributed by atoms with E-state index < -0.39 is 4.92 Å². The van der Waals surface area contributed by atoms with Gasteiger partial charge in [-0.25, -0.2) is 0 Å². The Labute approximate surface area is 126 Å². The Morgan fingerprint density at radius 2 is 2.19 bits per heavy atom. The standard InChI is InChI=1S/C13H14ClN3O4/c1-8-10(13(14)16(2)15-8)7-21-12-6-9(20-3)4-5-11(12)17(18)19/h4-6H,7H2,1-3H3. The van der Waals surface area contributed by atoms with Crippen LogP contribution in [-0.2, 0) is 13.7 Å². The van der Waals surface area contributed by atoms with Crippen molar-refractivity contribution in [2.24, 2.45) is 7.05 Å². The van der Waals surface area contributed by atoms with Gasteiger partial charge in [-0.05, 0) is 13.0 Å². The van der Waals surface area contributed by atoms with Crippen LogP contribution in [0.15, 0.2) is 18.2 Å². The summed E-state index contributed by atoms with van der Waals surface area (Å²) in [7, 11) is 3.19. The van der Waals surface area contributed by atoms with Crippen LogP contribution in [0.25, 0.3) is 0 Å². The molecule has 0 bridgehead atoms. The number of ether oxygens (including phenoxy) is 2. The van der Waals surface area contributed by atoms with Crippen LogP contribution in [0.2, 0.25) is 5.15 Å². The van der Waals surface area contributed by atoms with Gasteiger partial charge in [0.2, 0.25) is 5.75 Å². The molecule has 7 nitrogen and oxygen atoms in total. The van der Waals surface area contributed by atoms with Crippen LogP contribution in [0.1, 0.15) is 11.3 Å². The number of aryl methyl sites for hydroxylation is 2. The summed E-state index contributed by atoms with van der Waals surface area (Å²) in [5.41, 5.74) is 1.28. The van der Waals surface area contributed by atoms with Gasteiger partial charge in [0.25, 0.3) is 0 Å². The van der Waals surface area contributed by atoms with Gasteiger partial charge in [0.1, 0.15) is 17.5 Å². The fraction of sp³-hybridized carbons (Fsp3) is 0.308. The molecule has 0 aliphatic rings. The van der Waals surface area contributed by atoms with Gasteiger partial charge in [0.15, 0.2) is 0 Å². The third kappa shape index (κ3) is 3.08. The van der Waals surface area contributed by atoms with Crippen molar-refractivity contribution in [1.29, 1.82) is 0 Å². The zero-order valence-corrected chi connectivity index (χ0v) is 12.5. The molecule has 0 radical (unpaired) electrons. The summed E-state index contributed by atoms with van der Waals surface area (Å²) in [6, 6.07) is 4.32. The van der Waals surface area contributed by atoms with E-state index in [1.54, 1.807) is 14.0 Å². The number of nitro benzene ring substituents is 1. The van der Waals surface area contributed by atoms with Crippen LogP contribution in [-0.4, -0.2) is 21.8 Å². The molecule has 0 aliphatic heterocycles. The largest absolute Gasteiger partial charge is 0.497 e. The molecule has 0 amide bonds. The highest BCUT2D eigenvalue weighted by atomic mass is 35.5. The van der Waals surface area contributed by atoms with Crippen molar-refractivity contribution >= 4 is 17.3 Å². The summed E-state index contributed by atoms with van der Waals surface area (Å²) in [6.45, 7) is 1.89. The molecule has 0 saturated carbocycles. The van der Waals surface area contributed by atoms with Gasteiger partial charge < -0.3 is 9.47 Å². The number of methoxy groups -OCH3 is 1. The first-order valence-electron chi connectivity index (χ1n) is 6.07. The molecule has 0 aliphatic carbocycles. The molecular weight excluding hydrogens is 298 g/mol. The monoisotopic (exact) mass is 311 g/mol. The molecule has 2 aromatic rings. The second-order valence-electron chi connectivity index (χ2n) is 4.36. The molecular formula is C13H14ClN3O4. The summed E-state index contributed by atoms with van der Waals surface area (Å²) in [4.78, 5) is 10.5. The molecule has 1 heterocycles. The van der Waals surface area contributed by atoms with Crippen molar-refractivity contribution in [1.82, 2.24) is 9.78 Å². The Kier molecular flexibility index (Phi) is 4.32. The minimum absolute atomic E-state index is 0.0898. The molecule has 112 valence electrons. The van der Waals surface area contributed by atoms with E-state index in [0.717, 1.165) is 0 Å². The number of halogens is 1. The van der Waals surface area contributed by atoms with Crippen molar-refractivity contribution in [3.63, 3.8) is 0 Å². The molecule has 1 aromatic heterocycles. The van der Waals surface area contributed by atoms with Crippen LogP contribution in [0, 0.1) is 17.0 Å². The Balaban J connectivity index is 2.28. The number of hydrogen-bond acceptors (Lipinski definition) is 5. The predicted molar refractivity (Wildman–Crippen MR) is 76.9 cm³/mol. The van der Waals surface area contributed by atoms with Crippen LogP contribution in [0.3, 0.4) is 0 Å². The van der Waals surface area contributed by atoms with Crippen molar-refractivity contribution in [2.45, 2.75) is 13.5 Å². The molecule has 0 unspecified atom stereocenters. The Hall–Kier alpha value is -2.28. The molecule has 2 rings (SSSR count). The van der Waals surface area contributed by atoms with E-state index >= 15 is 0 Å². The minimum Gasteiger partial charge on any atom is -0.497 e. The molecule has 1 aromatic carbocycles. The fourth-order valence-electron chi connectivity index (χ4n) is 1.88. The van der Waals surface area contributed by atoms with Gasteiger partial charge in [0, 0.05) is 24.7 Å². The van der Waals surface area contributed by atoms with Crippen LogP contribution in [0.4, 0.5) is 5.69 Å². The first-order valence-corrected chi connectivity index (χ1v) is 6.45. The SMILES string of the molecule is COc1ccc([N+](=O)[O-])c(OCc2c(C)nn(C)c2Cl)c1. The fourth-order valence-corrected chi connectivity index (χ4v) is 2.10. The lowest BCUT2D eigenvalue weighted by atomic mass is 10.2. The Bertz CT molecular complexity index is 684. The van der Waals surface area contributed by atoms with E-state index in [2.05, 4.69) is 5.10 Å². The lowest BCUT2D eigenvalue weighted by Gasteiger charge is -2.08. The predicted octanol–water partition coefficient (Wildman–Crippen LogP) is 2.88. The van der Waals surface area contributed by atoms with E-state index in [4.69, 9.17) is 21.1 Å². The van der Waals surface area contributed by atoms with E-state index in [0.29, 0.717) is 22.2 Å². The van der Waals surface area contributed by atoms with Gasteiger partial charge in [-0.2, -0.15) is 5.10 Å². The van der Waals surface area contributed by atoms with Gasteiger partial charge in [-0.3, -0.25) is 14.8 Å². The maximum Gasteiger partial charge on any atom is 0.311 e. The summed E-state index contributed by atoms with van der Waals surface area (Å²) in [5, 5.41) is 15.6. The Morgan fingerprint density at radius 1 is 1.48 bits per heavy atom. The van der Waals surface area contributed by atoms with Crippen LogP contribution in [0.5, 0.6) is 11.5 Å². The summed E-state index contributed by atoms with van der Waals surface area (Å²) >= 11 is 6.10. The average Bonchev–Trinajstić information content (AvgIpc) is 2.69. The maximum atomic E-state index is 11.0. The summed E-state index contributed by atoms with van der Waals surface area (Å²) in [5.74, 6) is 0.600. The van der Waals surface area contributed by atoms with E-state index in [9.17, 15) is 10.1 Å². The zero-order valence-electron chi connectivity index (χ0n) is 11.8. The first kappa shape index (κ1) is 15.1. The van der Waals surface area contributed by atoms with Crippen molar-refractivity contribution in [3.05, 3.63) is 44.7 Å². The van der Waals surface area contributed by atoms with Crippen molar-refractivity contribution < 1.29 is 14.4 Å². The third-order valence-corrected chi connectivity index (χ3v) is 3.48. The van der Waals surface area contributed by atoms with Gasteiger partial charge in [-0.1, -0.05) is 11.6 Å². The molecule has 0 fully saturated rings. The highest BCUT2D eigenvalue weighted by Gasteiger charge is 2.18. The average molecular weight is 312 g/mol. The minimum atomic E-state index is -0.507. The lowest BCUT2D eigenvalue weighted by Crippen LogP contribution is -2.01. The topological polar surface area (TPSA) is 79.4 Å². The van der Waals surface area contributed by atoms with Crippen LogP contribution < -0.4 is 9.47 Å². The summed E-state index contributed by atoms with van der Waals surface area (Å²) in [6.07, 6.45) is 0. The highest BCUT2D eigenvalue weighted by Crippen LogP contribution is 2.32. The van der Waals surface area contributed by atoms with E-state index in [1.165, 1.54) is 30.0 Å². The van der Waals surface area contributed by atoms with Gasteiger partial charge >= 0.3 is 5.69 Å². The number of rotatable bonds is 5. The number of hydrogen-bond donors (Lipinski definition) is 0. The summed E-state index contributed by atoms with van der Waals surface area (Å²) < 4.78 is 12.1. The third-order valence-electron chi connectivity index (χ3n) is 3.01. The smallest absolute Gasteiger partial charge is 0.311 e. The number of nitro groups is 1. The molecule has 8 heteroatoms. The lowest BCUT2D eigenvalue weighted by molar-refractivity contribution is -0.386. The molecule has 0 saturated heterocycles. The quantitative estimate of drug-likeness (QED) is 0.626. The molecule has 0 atom stereocenters. The maximum absolute atomic E-state index is 11.0. The van der Waals surface area contributed by atoms with Gasteiger partial charge in [0.05, 0.1) is 17.7 Å².